The lowest BCUT2D eigenvalue weighted by atomic mass is 10.1. The second kappa shape index (κ2) is 7.19. The fourth-order valence-electron chi connectivity index (χ4n) is 1.83. The van der Waals surface area contributed by atoms with Crippen molar-refractivity contribution >= 4 is 5.91 Å². The summed E-state index contributed by atoms with van der Waals surface area (Å²) in [6, 6.07) is 3.00. The molecule has 0 bridgehead atoms. The highest BCUT2D eigenvalue weighted by atomic mass is 19.1. The van der Waals surface area contributed by atoms with E-state index in [9.17, 15) is 13.6 Å². The van der Waals surface area contributed by atoms with Gasteiger partial charge in [-0.3, -0.25) is 4.79 Å². The number of carbonyl (C=O) groups is 1. The van der Waals surface area contributed by atoms with Gasteiger partial charge in [0.05, 0.1) is 5.56 Å². The maximum atomic E-state index is 13.6. The molecule has 106 valence electrons. The van der Waals surface area contributed by atoms with Gasteiger partial charge in [0, 0.05) is 19.2 Å². The number of rotatable bonds is 6. The second-order valence-corrected chi connectivity index (χ2v) is 4.91. The van der Waals surface area contributed by atoms with Crippen molar-refractivity contribution in [2.45, 2.75) is 20.3 Å². The van der Waals surface area contributed by atoms with Crippen LogP contribution in [-0.2, 0) is 0 Å². The van der Waals surface area contributed by atoms with Crippen molar-refractivity contribution in [3.05, 3.63) is 35.4 Å². The van der Waals surface area contributed by atoms with Gasteiger partial charge in [-0.1, -0.05) is 13.8 Å². The molecule has 19 heavy (non-hydrogen) atoms. The van der Waals surface area contributed by atoms with Crippen molar-refractivity contribution in [1.29, 1.82) is 0 Å². The fraction of sp³-hybridized carbons (Fsp3) is 0.500. The Labute approximate surface area is 112 Å². The molecule has 0 atom stereocenters. The Morgan fingerprint density at radius 1 is 1.37 bits per heavy atom. The van der Waals surface area contributed by atoms with Gasteiger partial charge in [0.25, 0.3) is 5.91 Å². The predicted molar refractivity (Wildman–Crippen MR) is 70.8 cm³/mol. The maximum Gasteiger partial charge on any atom is 0.256 e. The van der Waals surface area contributed by atoms with E-state index in [1.165, 1.54) is 6.07 Å². The van der Waals surface area contributed by atoms with Crippen LogP contribution in [0.5, 0.6) is 0 Å². The lowest BCUT2D eigenvalue weighted by Crippen LogP contribution is -2.36. The van der Waals surface area contributed by atoms with Gasteiger partial charge in [-0.2, -0.15) is 0 Å². The summed E-state index contributed by atoms with van der Waals surface area (Å²) in [5.74, 6) is -1.66. The monoisotopic (exact) mass is 270 g/mol. The van der Waals surface area contributed by atoms with Gasteiger partial charge in [0.1, 0.15) is 11.6 Å². The summed E-state index contributed by atoms with van der Waals surface area (Å²) in [6.07, 6.45) is 0.654. The van der Waals surface area contributed by atoms with Gasteiger partial charge in [-0.15, -0.1) is 0 Å². The first-order chi connectivity index (χ1) is 8.95. The number of halogens is 2. The quantitative estimate of drug-likeness (QED) is 0.863. The van der Waals surface area contributed by atoms with Crippen LogP contribution in [0, 0.1) is 17.6 Å². The molecule has 0 aliphatic carbocycles. The van der Waals surface area contributed by atoms with Crippen molar-refractivity contribution in [3.8, 4) is 0 Å². The third kappa shape index (κ3) is 4.59. The predicted octanol–water partition coefficient (Wildman–Crippen LogP) is 2.41. The number of nitrogens with two attached hydrogens (primary N) is 1. The van der Waals surface area contributed by atoms with E-state index in [4.69, 9.17) is 5.73 Å². The molecule has 0 aromatic heterocycles. The summed E-state index contributed by atoms with van der Waals surface area (Å²) in [5, 5.41) is 0. The molecule has 0 aliphatic rings. The van der Waals surface area contributed by atoms with E-state index < -0.39 is 17.5 Å². The van der Waals surface area contributed by atoms with Crippen LogP contribution in [-0.4, -0.2) is 30.4 Å². The van der Waals surface area contributed by atoms with Crippen LogP contribution in [0.3, 0.4) is 0 Å². The maximum absolute atomic E-state index is 13.6. The first-order valence-corrected chi connectivity index (χ1v) is 6.40. The van der Waals surface area contributed by atoms with Gasteiger partial charge in [-0.25, -0.2) is 8.78 Å². The van der Waals surface area contributed by atoms with Crippen LogP contribution in [0.2, 0.25) is 0 Å². The molecule has 0 aliphatic heterocycles. The zero-order chi connectivity index (χ0) is 14.4. The zero-order valence-corrected chi connectivity index (χ0v) is 11.3. The SMILES string of the molecule is CC(C)CN(CCCN)C(=O)c1ccc(F)cc1F. The van der Waals surface area contributed by atoms with Crippen LogP contribution < -0.4 is 5.73 Å². The van der Waals surface area contributed by atoms with Gasteiger partial charge < -0.3 is 10.6 Å². The molecule has 5 heteroatoms. The first kappa shape index (κ1) is 15.6. The molecular formula is C14H20F2N2O. The third-order valence-electron chi connectivity index (χ3n) is 2.67. The average molecular weight is 270 g/mol. The van der Waals surface area contributed by atoms with E-state index >= 15 is 0 Å². The Hall–Kier alpha value is -1.49. The van der Waals surface area contributed by atoms with Gasteiger partial charge in [-0.05, 0) is 31.0 Å². The largest absolute Gasteiger partial charge is 0.338 e. The molecular weight excluding hydrogens is 250 g/mol. The van der Waals surface area contributed by atoms with E-state index in [2.05, 4.69) is 0 Å². The van der Waals surface area contributed by atoms with E-state index in [0.29, 0.717) is 26.1 Å². The molecule has 0 spiro atoms. The molecule has 1 rings (SSSR count). The molecule has 0 heterocycles. The third-order valence-corrected chi connectivity index (χ3v) is 2.67. The van der Waals surface area contributed by atoms with E-state index in [-0.39, 0.29) is 11.5 Å². The molecule has 2 N–H and O–H groups in total. The number of benzene rings is 1. The number of hydrogen-bond donors (Lipinski definition) is 1. The first-order valence-electron chi connectivity index (χ1n) is 6.40. The van der Waals surface area contributed by atoms with Crippen LogP contribution in [0.4, 0.5) is 8.78 Å². The van der Waals surface area contributed by atoms with Gasteiger partial charge in [0.2, 0.25) is 0 Å². The molecule has 0 radical (unpaired) electrons. The molecule has 0 saturated heterocycles. The number of amides is 1. The minimum atomic E-state index is -0.827. The molecule has 0 unspecified atom stereocenters. The van der Waals surface area contributed by atoms with Gasteiger partial charge >= 0.3 is 0 Å². The minimum Gasteiger partial charge on any atom is -0.338 e. The Balaban J connectivity index is 2.90. The van der Waals surface area contributed by atoms with Crippen molar-refractivity contribution in [3.63, 3.8) is 0 Å². The Morgan fingerprint density at radius 3 is 2.58 bits per heavy atom. The average Bonchev–Trinajstić information content (AvgIpc) is 2.33. The standard InChI is InChI=1S/C14H20F2N2O/c1-10(2)9-18(7-3-6-17)14(19)12-5-4-11(15)8-13(12)16/h4-5,8,10H,3,6-7,9,17H2,1-2H3. The second-order valence-electron chi connectivity index (χ2n) is 4.91. The summed E-state index contributed by atoms with van der Waals surface area (Å²) in [4.78, 5) is 13.8. The van der Waals surface area contributed by atoms with E-state index in [1.54, 1.807) is 4.90 Å². The van der Waals surface area contributed by atoms with Crippen molar-refractivity contribution < 1.29 is 13.6 Å². The summed E-state index contributed by atoms with van der Waals surface area (Å²) in [5.41, 5.74) is 5.34. The molecule has 1 amide bonds. The van der Waals surface area contributed by atoms with Crippen LogP contribution in [0.25, 0.3) is 0 Å². The Bertz CT molecular complexity index is 435. The summed E-state index contributed by atoms with van der Waals surface area (Å²) >= 11 is 0. The fourth-order valence-corrected chi connectivity index (χ4v) is 1.83. The Kier molecular flexibility index (Phi) is 5.89. The van der Waals surface area contributed by atoms with E-state index in [0.717, 1.165) is 12.1 Å². The van der Waals surface area contributed by atoms with Crippen molar-refractivity contribution in [2.24, 2.45) is 11.7 Å². The molecule has 0 fully saturated rings. The molecule has 1 aromatic rings. The van der Waals surface area contributed by atoms with Crippen LogP contribution in [0.1, 0.15) is 30.6 Å². The number of nitrogens with zero attached hydrogens (tertiary/aromatic N) is 1. The summed E-state index contributed by atoms with van der Waals surface area (Å²) in [7, 11) is 0. The molecule has 3 nitrogen and oxygen atoms in total. The topological polar surface area (TPSA) is 46.3 Å². The normalized spacial score (nSPS) is 10.8. The van der Waals surface area contributed by atoms with Crippen LogP contribution >= 0.6 is 0 Å². The summed E-state index contributed by atoms with van der Waals surface area (Å²) in [6.45, 7) is 5.42. The summed E-state index contributed by atoms with van der Waals surface area (Å²) < 4.78 is 26.5. The van der Waals surface area contributed by atoms with Crippen molar-refractivity contribution in [1.82, 2.24) is 4.90 Å². The van der Waals surface area contributed by atoms with E-state index in [1.807, 2.05) is 13.8 Å². The highest BCUT2D eigenvalue weighted by molar-refractivity contribution is 5.94. The highest BCUT2D eigenvalue weighted by Crippen LogP contribution is 2.13. The minimum absolute atomic E-state index is 0.0981. The molecule has 0 saturated carbocycles. The number of carbonyl (C=O) groups excluding carboxylic acids is 1. The van der Waals surface area contributed by atoms with Gasteiger partial charge in [0.15, 0.2) is 0 Å². The smallest absolute Gasteiger partial charge is 0.256 e. The molecule has 1 aromatic carbocycles. The lowest BCUT2D eigenvalue weighted by Gasteiger charge is -2.24. The number of hydrogen-bond acceptors (Lipinski definition) is 2. The highest BCUT2D eigenvalue weighted by Gasteiger charge is 2.20. The zero-order valence-electron chi connectivity index (χ0n) is 11.3. The van der Waals surface area contributed by atoms with Crippen molar-refractivity contribution in [2.75, 3.05) is 19.6 Å². The Morgan fingerprint density at radius 2 is 2.05 bits per heavy atom. The van der Waals surface area contributed by atoms with Crippen LogP contribution in [0.15, 0.2) is 18.2 Å². The lowest BCUT2D eigenvalue weighted by molar-refractivity contribution is 0.0730.